The molecule has 1 aliphatic carbocycles. The van der Waals surface area contributed by atoms with Gasteiger partial charge in [-0.15, -0.1) is 0 Å². The van der Waals surface area contributed by atoms with E-state index in [0.29, 0.717) is 11.8 Å². The first kappa shape index (κ1) is 17.6. The number of carbonyl (C=O) groups is 1. The van der Waals surface area contributed by atoms with Crippen molar-refractivity contribution in [1.29, 1.82) is 0 Å². The van der Waals surface area contributed by atoms with Crippen LogP contribution >= 0.6 is 0 Å². The molecule has 0 bridgehead atoms. The van der Waals surface area contributed by atoms with Crippen molar-refractivity contribution < 1.29 is 13.7 Å². The SMILES string of the molecule is CC(C)Cc1cc(C(=O)N[C@H]2CCC[C@H]2Cc2ccc(F)cc2)on1. The number of rotatable bonds is 6. The van der Waals surface area contributed by atoms with Crippen LogP contribution in [0.3, 0.4) is 0 Å². The standard InChI is InChI=1S/C20H25FN2O2/c1-13(2)10-17-12-19(25-23-17)20(24)22-18-5-3-4-15(18)11-14-6-8-16(21)9-7-14/h6-9,12-13,15,18H,3-5,10-11H2,1-2H3,(H,22,24)/t15-,18-/m0/s1. The Kier molecular flexibility index (Phi) is 5.51. The van der Waals surface area contributed by atoms with Gasteiger partial charge >= 0.3 is 0 Å². The van der Waals surface area contributed by atoms with Crippen LogP contribution in [-0.4, -0.2) is 17.1 Å². The van der Waals surface area contributed by atoms with Crippen molar-refractivity contribution in [2.24, 2.45) is 11.8 Å². The second kappa shape index (κ2) is 7.81. The molecular weight excluding hydrogens is 319 g/mol. The summed E-state index contributed by atoms with van der Waals surface area (Å²) in [6, 6.07) is 8.48. The molecule has 1 aliphatic rings. The number of aromatic nitrogens is 1. The highest BCUT2D eigenvalue weighted by Gasteiger charge is 2.29. The molecule has 0 unspecified atom stereocenters. The highest BCUT2D eigenvalue weighted by Crippen LogP contribution is 2.29. The number of halogens is 1. The molecule has 4 nitrogen and oxygen atoms in total. The Morgan fingerprint density at radius 2 is 2.08 bits per heavy atom. The summed E-state index contributed by atoms with van der Waals surface area (Å²) in [5, 5.41) is 7.07. The van der Waals surface area contributed by atoms with Crippen molar-refractivity contribution in [3.8, 4) is 0 Å². The van der Waals surface area contributed by atoms with E-state index in [1.807, 2.05) is 12.1 Å². The van der Waals surface area contributed by atoms with Crippen LogP contribution in [0, 0.1) is 17.7 Å². The first-order chi connectivity index (χ1) is 12.0. The maximum atomic E-state index is 13.0. The summed E-state index contributed by atoms with van der Waals surface area (Å²) in [7, 11) is 0. The molecular formula is C20H25FN2O2. The Morgan fingerprint density at radius 1 is 1.32 bits per heavy atom. The molecule has 0 saturated heterocycles. The zero-order chi connectivity index (χ0) is 17.8. The van der Waals surface area contributed by atoms with Gasteiger partial charge in [0, 0.05) is 12.1 Å². The number of amides is 1. The highest BCUT2D eigenvalue weighted by atomic mass is 19.1. The Hall–Kier alpha value is -2.17. The molecule has 1 amide bonds. The van der Waals surface area contributed by atoms with E-state index in [4.69, 9.17) is 4.52 Å². The topological polar surface area (TPSA) is 55.1 Å². The van der Waals surface area contributed by atoms with Crippen molar-refractivity contribution in [3.05, 3.63) is 53.2 Å². The maximum Gasteiger partial charge on any atom is 0.290 e. The summed E-state index contributed by atoms with van der Waals surface area (Å²) < 4.78 is 18.2. The zero-order valence-electron chi connectivity index (χ0n) is 14.8. The van der Waals surface area contributed by atoms with E-state index in [9.17, 15) is 9.18 Å². The lowest BCUT2D eigenvalue weighted by molar-refractivity contribution is 0.0890. The van der Waals surface area contributed by atoms with Gasteiger partial charge in [-0.05, 0) is 55.2 Å². The molecule has 3 rings (SSSR count). The molecule has 2 aromatic rings. The van der Waals surface area contributed by atoms with Crippen molar-refractivity contribution >= 4 is 5.91 Å². The fourth-order valence-electron chi connectivity index (χ4n) is 3.57. The van der Waals surface area contributed by atoms with Crippen LogP contribution in [-0.2, 0) is 12.8 Å². The minimum absolute atomic E-state index is 0.121. The normalized spacial score (nSPS) is 20.2. The zero-order valence-corrected chi connectivity index (χ0v) is 14.8. The van der Waals surface area contributed by atoms with Crippen molar-refractivity contribution in [1.82, 2.24) is 10.5 Å². The van der Waals surface area contributed by atoms with Crippen LogP contribution in [0.2, 0.25) is 0 Å². The lowest BCUT2D eigenvalue weighted by Crippen LogP contribution is -2.37. The van der Waals surface area contributed by atoms with Crippen molar-refractivity contribution in [2.75, 3.05) is 0 Å². The lowest BCUT2D eigenvalue weighted by atomic mass is 9.94. The summed E-state index contributed by atoms with van der Waals surface area (Å²) in [5.74, 6) is 0.701. The predicted octanol–water partition coefficient (Wildman–Crippen LogP) is 4.15. The molecule has 1 aromatic heterocycles. The summed E-state index contributed by atoms with van der Waals surface area (Å²) >= 11 is 0. The largest absolute Gasteiger partial charge is 0.351 e. The molecule has 0 radical (unpaired) electrons. The summed E-state index contributed by atoms with van der Waals surface area (Å²) in [5.41, 5.74) is 1.92. The van der Waals surface area contributed by atoms with Gasteiger partial charge in [-0.25, -0.2) is 4.39 Å². The first-order valence-electron chi connectivity index (χ1n) is 9.02. The van der Waals surface area contributed by atoms with Gasteiger partial charge in [0.15, 0.2) is 0 Å². The Balaban J connectivity index is 1.59. The lowest BCUT2D eigenvalue weighted by Gasteiger charge is -2.20. The van der Waals surface area contributed by atoms with E-state index in [2.05, 4.69) is 24.3 Å². The van der Waals surface area contributed by atoms with Crippen LogP contribution in [0.25, 0.3) is 0 Å². The van der Waals surface area contributed by atoms with Gasteiger partial charge < -0.3 is 9.84 Å². The summed E-state index contributed by atoms with van der Waals surface area (Å²) in [6.45, 7) is 4.21. The van der Waals surface area contributed by atoms with Gasteiger partial charge in [-0.2, -0.15) is 0 Å². The fourth-order valence-corrected chi connectivity index (χ4v) is 3.57. The van der Waals surface area contributed by atoms with Gasteiger partial charge in [0.05, 0.1) is 5.69 Å². The molecule has 5 heteroatoms. The average Bonchev–Trinajstić information content (AvgIpc) is 3.19. The Labute approximate surface area is 147 Å². The number of hydrogen-bond donors (Lipinski definition) is 1. The van der Waals surface area contributed by atoms with Crippen molar-refractivity contribution in [3.63, 3.8) is 0 Å². The molecule has 1 heterocycles. The van der Waals surface area contributed by atoms with Gasteiger partial charge in [0.25, 0.3) is 5.91 Å². The average molecular weight is 344 g/mol. The predicted molar refractivity (Wildman–Crippen MR) is 93.7 cm³/mol. The van der Waals surface area contributed by atoms with Gasteiger partial charge in [0.2, 0.25) is 5.76 Å². The number of carbonyl (C=O) groups excluding carboxylic acids is 1. The number of hydrogen-bond acceptors (Lipinski definition) is 3. The smallest absolute Gasteiger partial charge is 0.290 e. The molecule has 1 fully saturated rings. The molecule has 0 spiro atoms. The fraction of sp³-hybridized carbons (Fsp3) is 0.500. The highest BCUT2D eigenvalue weighted by molar-refractivity contribution is 5.91. The molecule has 1 N–H and O–H groups in total. The van der Waals surface area contributed by atoms with E-state index >= 15 is 0 Å². The number of nitrogens with one attached hydrogen (secondary N) is 1. The van der Waals surface area contributed by atoms with E-state index < -0.39 is 0 Å². The molecule has 0 aliphatic heterocycles. The van der Waals surface area contributed by atoms with E-state index in [0.717, 1.165) is 43.4 Å². The van der Waals surface area contributed by atoms with Crippen molar-refractivity contribution in [2.45, 2.75) is 52.0 Å². The maximum absolute atomic E-state index is 13.0. The van der Waals surface area contributed by atoms with Crippen LogP contribution < -0.4 is 5.32 Å². The quantitative estimate of drug-likeness (QED) is 0.856. The van der Waals surface area contributed by atoms with E-state index in [-0.39, 0.29) is 23.5 Å². The van der Waals surface area contributed by atoms with Crippen LogP contribution in [0.5, 0.6) is 0 Å². The van der Waals surface area contributed by atoms with Gasteiger partial charge in [0.1, 0.15) is 5.82 Å². The third kappa shape index (κ3) is 4.68. The Bertz CT molecular complexity index is 709. The Morgan fingerprint density at radius 3 is 2.80 bits per heavy atom. The molecule has 2 atom stereocenters. The van der Waals surface area contributed by atoms with Crippen LogP contribution in [0.1, 0.15) is 54.9 Å². The van der Waals surface area contributed by atoms with E-state index in [1.54, 1.807) is 6.07 Å². The summed E-state index contributed by atoms with van der Waals surface area (Å²) in [6.07, 6.45) is 4.77. The number of benzene rings is 1. The van der Waals surface area contributed by atoms with Crippen LogP contribution in [0.4, 0.5) is 4.39 Å². The minimum Gasteiger partial charge on any atom is -0.351 e. The summed E-state index contributed by atoms with van der Waals surface area (Å²) in [4.78, 5) is 12.4. The number of nitrogens with zero attached hydrogens (tertiary/aromatic N) is 1. The molecule has 1 saturated carbocycles. The third-order valence-corrected chi connectivity index (χ3v) is 4.79. The second-order valence-electron chi connectivity index (χ2n) is 7.38. The second-order valence-corrected chi connectivity index (χ2v) is 7.38. The first-order valence-corrected chi connectivity index (χ1v) is 9.02. The third-order valence-electron chi connectivity index (χ3n) is 4.79. The molecule has 25 heavy (non-hydrogen) atoms. The molecule has 1 aromatic carbocycles. The molecule has 134 valence electrons. The van der Waals surface area contributed by atoms with Gasteiger partial charge in [-0.1, -0.05) is 37.6 Å². The minimum atomic E-state index is -0.220. The monoisotopic (exact) mass is 344 g/mol. The van der Waals surface area contributed by atoms with E-state index in [1.165, 1.54) is 12.1 Å². The van der Waals surface area contributed by atoms with Gasteiger partial charge in [-0.3, -0.25) is 4.79 Å². The van der Waals surface area contributed by atoms with Crippen LogP contribution in [0.15, 0.2) is 34.9 Å².